The summed E-state index contributed by atoms with van der Waals surface area (Å²) in [6.45, 7) is 2.09. The molecule has 1 heterocycles. The molecule has 66 valence electrons. The fourth-order valence-corrected chi connectivity index (χ4v) is 1.55. The largest absolute Gasteiger partial charge is 0.301 e. The zero-order valence-electron chi connectivity index (χ0n) is 7.88. The SMILES string of the molecule is CN1CCC#Cc2ccccc2C1. The highest BCUT2D eigenvalue weighted by Gasteiger charge is 2.04. The van der Waals surface area contributed by atoms with Crippen molar-refractivity contribution >= 4 is 0 Å². The Morgan fingerprint density at radius 2 is 2.15 bits per heavy atom. The Kier molecular flexibility index (Phi) is 2.33. The zero-order valence-corrected chi connectivity index (χ0v) is 7.88. The topological polar surface area (TPSA) is 3.24 Å². The Balaban J connectivity index is 2.40. The Bertz CT molecular complexity index is 357. The molecule has 1 heteroatoms. The zero-order chi connectivity index (χ0) is 9.10. The van der Waals surface area contributed by atoms with Gasteiger partial charge in [0, 0.05) is 25.1 Å². The van der Waals surface area contributed by atoms with Gasteiger partial charge >= 0.3 is 0 Å². The lowest BCUT2D eigenvalue weighted by molar-refractivity contribution is 0.334. The Morgan fingerprint density at radius 1 is 1.31 bits per heavy atom. The van der Waals surface area contributed by atoms with Gasteiger partial charge in [-0.05, 0) is 18.7 Å². The van der Waals surface area contributed by atoms with E-state index in [9.17, 15) is 0 Å². The molecule has 1 aromatic rings. The second kappa shape index (κ2) is 3.64. The van der Waals surface area contributed by atoms with E-state index in [4.69, 9.17) is 0 Å². The number of fused-ring (bicyclic) bond motifs is 1. The molecule has 1 nitrogen and oxygen atoms in total. The lowest BCUT2D eigenvalue weighted by atomic mass is 10.1. The average molecular weight is 171 g/mol. The van der Waals surface area contributed by atoms with E-state index in [1.807, 2.05) is 0 Å². The summed E-state index contributed by atoms with van der Waals surface area (Å²) in [5, 5.41) is 0. The van der Waals surface area contributed by atoms with Crippen LogP contribution in [0.3, 0.4) is 0 Å². The van der Waals surface area contributed by atoms with Crippen LogP contribution in [-0.4, -0.2) is 18.5 Å². The Morgan fingerprint density at radius 3 is 3.08 bits per heavy atom. The first-order chi connectivity index (χ1) is 6.36. The molecule has 0 N–H and O–H groups in total. The summed E-state index contributed by atoms with van der Waals surface area (Å²) in [6, 6.07) is 8.39. The highest BCUT2D eigenvalue weighted by atomic mass is 15.1. The first-order valence-electron chi connectivity index (χ1n) is 4.61. The summed E-state index contributed by atoms with van der Waals surface area (Å²) in [5.41, 5.74) is 2.53. The van der Waals surface area contributed by atoms with Crippen molar-refractivity contribution in [1.29, 1.82) is 0 Å². The summed E-state index contributed by atoms with van der Waals surface area (Å²) >= 11 is 0. The molecule has 0 aromatic heterocycles. The van der Waals surface area contributed by atoms with Crippen LogP contribution in [0.4, 0.5) is 0 Å². The summed E-state index contributed by atoms with van der Waals surface area (Å²) in [5.74, 6) is 6.39. The van der Waals surface area contributed by atoms with Gasteiger partial charge in [-0.3, -0.25) is 0 Å². The number of benzene rings is 1. The first kappa shape index (κ1) is 8.34. The van der Waals surface area contributed by atoms with E-state index in [0.29, 0.717) is 0 Å². The van der Waals surface area contributed by atoms with Crippen LogP contribution >= 0.6 is 0 Å². The van der Waals surface area contributed by atoms with Crippen molar-refractivity contribution in [2.45, 2.75) is 13.0 Å². The normalized spacial score (nSPS) is 16.4. The molecule has 13 heavy (non-hydrogen) atoms. The molecule has 0 saturated carbocycles. The van der Waals surface area contributed by atoms with Crippen molar-refractivity contribution in [3.05, 3.63) is 35.4 Å². The third-order valence-electron chi connectivity index (χ3n) is 2.30. The van der Waals surface area contributed by atoms with E-state index in [-0.39, 0.29) is 0 Å². The molecule has 0 saturated heterocycles. The van der Waals surface area contributed by atoms with Gasteiger partial charge in [-0.15, -0.1) is 0 Å². The minimum absolute atomic E-state index is 0.977. The summed E-state index contributed by atoms with van der Waals surface area (Å²) in [4.78, 5) is 2.31. The molecule has 0 spiro atoms. The van der Waals surface area contributed by atoms with Crippen LogP contribution in [0.5, 0.6) is 0 Å². The van der Waals surface area contributed by atoms with Gasteiger partial charge in [0.15, 0.2) is 0 Å². The van der Waals surface area contributed by atoms with E-state index in [1.54, 1.807) is 0 Å². The number of hydrogen-bond donors (Lipinski definition) is 0. The molecule has 2 rings (SSSR count). The van der Waals surface area contributed by atoms with Crippen molar-refractivity contribution in [2.75, 3.05) is 13.6 Å². The predicted molar refractivity (Wildman–Crippen MR) is 54.3 cm³/mol. The van der Waals surface area contributed by atoms with E-state index < -0.39 is 0 Å². The van der Waals surface area contributed by atoms with Crippen LogP contribution in [0.15, 0.2) is 24.3 Å². The maximum atomic E-state index is 3.21. The fraction of sp³-hybridized carbons (Fsp3) is 0.333. The molecular formula is C12H13N. The van der Waals surface area contributed by atoms with Crippen molar-refractivity contribution in [3.8, 4) is 11.8 Å². The molecule has 0 radical (unpaired) electrons. The fourth-order valence-electron chi connectivity index (χ4n) is 1.55. The van der Waals surface area contributed by atoms with Gasteiger partial charge in [0.25, 0.3) is 0 Å². The van der Waals surface area contributed by atoms with Gasteiger partial charge in [-0.1, -0.05) is 30.0 Å². The highest BCUT2D eigenvalue weighted by Crippen LogP contribution is 2.11. The Hall–Kier alpha value is -1.26. The lowest BCUT2D eigenvalue weighted by Gasteiger charge is -2.17. The van der Waals surface area contributed by atoms with Gasteiger partial charge in [-0.2, -0.15) is 0 Å². The van der Waals surface area contributed by atoms with Crippen LogP contribution < -0.4 is 0 Å². The molecule has 1 aliphatic heterocycles. The van der Waals surface area contributed by atoms with E-state index in [0.717, 1.165) is 19.5 Å². The average Bonchev–Trinajstić information content (AvgIpc) is 2.11. The molecular weight excluding hydrogens is 158 g/mol. The number of nitrogens with zero attached hydrogens (tertiary/aromatic N) is 1. The second-order valence-corrected chi connectivity index (χ2v) is 3.45. The quantitative estimate of drug-likeness (QED) is 0.539. The van der Waals surface area contributed by atoms with E-state index in [1.165, 1.54) is 11.1 Å². The predicted octanol–water partition coefficient (Wildman–Crippen LogP) is 1.87. The van der Waals surface area contributed by atoms with E-state index in [2.05, 4.69) is 48.1 Å². The monoisotopic (exact) mass is 171 g/mol. The summed E-state index contributed by atoms with van der Waals surface area (Å²) in [7, 11) is 2.14. The van der Waals surface area contributed by atoms with Gasteiger partial charge in [0.05, 0.1) is 0 Å². The van der Waals surface area contributed by atoms with Crippen LogP contribution in [0.25, 0.3) is 0 Å². The molecule has 0 unspecified atom stereocenters. The lowest BCUT2D eigenvalue weighted by Crippen LogP contribution is -2.20. The molecule has 1 aromatic carbocycles. The molecule has 0 amide bonds. The summed E-state index contributed by atoms with van der Waals surface area (Å²) in [6.07, 6.45) is 0.977. The second-order valence-electron chi connectivity index (χ2n) is 3.45. The van der Waals surface area contributed by atoms with Gasteiger partial charge < -0.3 is 4.90 Å². The molecule has 1 aliphatic rings. The summed E-state index contributed by atoms with van der Waals surface area (Å²) < 4.78 is 0. The molecule has 0 aliphatic carbocycles. The van der Waals surface area contributed by atoms with Crippen LogP contribution in [0, 0.1) is 11.8 Å². The van der Waals surface area contributed by atoms with Gasteiger partial charge in [0.2, 0.25) is 0 Å². The molecule has 0 fully saturated rings. The van der Waals surface area contributed by atoms with E-state index >= 15 is 0 Å². The van der Waals surface area contributed by atoms with Gasteiger partial charge in [0.1, 0.15) is 0 Å². The van der Waals surface area contributed by atoms with Crippen molar-refractivity contribution < 1.29 is 0 Å². The third-order valence-corrected chi connectivity index (χ3v) is 2.30. The van der Waals surface area contributed by atoms with Crippen molar-refractivity contribution in [2.24, 2.45) is 0 Å². The molecule has 0 atom stereocenters. The first-order valence-corrected chi connectivity index (χ1v) is 4.61. The smallest absolute Gasteiger partial charge is 0.0290 e. The maximum Gasteiger partial charge on any atom is 0.0290 e. The highest BCUT2D eigenvalue weighted by molar-refractivity contribution is 5.41. The van der Waals surface area contributed by atoms with Crippen molar-refractivity contribution in [3.63, 3.8) is 0 Å². The molecule has 0 bridgehead atoms. The minimum atomic E-state index is 0.977. The van der Waals surface area contributed by atoms with Gasteiger partial charge in [-0.25, -0.2) is 0 Å². The standard InChI is InChI=1S/C12H13N/c1-13-9-5-4-7-11-6-2-3-8-12(11)10-13/h2-3,6,8H,5,9-10H2,1H3. The van der Waals surface area contributed by atoms with Crippen molar-refractivity contribution in [1.82, 2.24) is 4.90 Å². The van der Waals surface area contributed by atoms with Crippen LogP contribution in [0.2, 0.25) is 0 Å². The number of hydrogen-bond acceptors (Lipinski definition) is 1. The number of rotatable bonds is 0. The third kappa shape index (κ3) is 1.91. The maximum absolute atomic E-state index is 3.21. The van der Waals surface area contributed by atoms with Crippen LogP contribution in [-0.2, 0) is 6.54 Å². The minimum Gasteiger partial charge on any atom is -0.301 e. The van der Waals surface area contributed by atoms with Crippen LogP contribution in [0.1, 0.15) is 17.5 Å². The Labute approximate surface area is 79.4 Å².